The number of fused-ring (bicyclic) bond motifs is 1. The number of hydrogen-bond acceptors (Lipinski definition) is 2. The summed E-state index contributed by atoms with van der Waals surface area (Å²) < 4.78 is 6.07. The van der Waals surface area contributed by atoms with Gasteiger partial charge in [-0.15, -0.1) is 0 Å². The van der Waals surface area contributed by atoms with E-state index in [4.69, 9.17) is 4.74 Å². The normalized spacial score (nSPS) is 24.1. The van der Waals surface area contributed by atoms with E-state index in [0.717, 1.165) is 23.3 Å². The molecule has 1 aliphatic heterocycles. The van der Waals surface area contributed by atoms with E-state index in [1.165, 1.54) is 5.56 Å². The number of allylic oxidation sites excluding steroid dienone is 2. The van der Waals surface area contributed by atoms with Crippen LogP contribution in [-0.4, -0.2) is 11.2 Å². The highest BCUT2D eigenvalue weighted by atomic mass is 16.5. The van der Waals surface area contributed by atoms with Crippen LogP contribution in [0.3, 0.4) is 0 Å². The molecule has 0 bridgehead atoms. The molecule has 104 valence electrons. The summed E-state index contributed by atoms with van der Waals surface area (Å²) in [5.41, 5.74) is 3.32. The van der Waals surface area contributed by atoms with Gasteiger partial charge in [0.15, 0.2) is 0 Å². The maximum Gasteiger partial charge on any atom is 0.130 e. The number of aromatic hydroxyl groups is 1. The lowest BCUT2D eigenvalue weighted by molar-refractivity contribution is 0.176. The second-order valence-electron chi connectivity index (χ2n) is 5.75. The summed E-state index contributed by atoms with van der Waals surface area (Å²) in [6, 6.07) is 1.88. The van der Waals surface area contributed by atoms with Gasteiger partial charge in [-0.05, 0) is 44.7 Å². The molecule has 0 spiro atoms. The molecule has 1 aromatic rings. The zero-order valence-corrected chi connectivity index (χ0v) is 12.5. The Balaban J connectivity index is 2.64. The summed E-state index contributed by atoms with van der Waals surface area (Å²) in [5, 5.41) is 10.3. The van der Waals surface area contributed by atoms with Crippen molar-refractivity contribution >= 4 is 0 Å². The Morgan fingerprint density at radius 1 is 1.42 bits per heavy atom. The van der Waals surface area contributed by atoms with Crippen LogP contribution >= 0.6 is 0 Å². The molecular formula is C17H24O2. The lowest BCUT2D eigenvalue weighted by atomic mass is 9.84. The molecule has 2 rings (SSSR count). The standard InChI is InChI=1S/C17H24O2/c1-6-7-10(2)16-14(18)9-12(4)15-11(3)8-13(5)19-17(15)16/h6-7,9-11,13,18H,8H2,1-5H3. The second kappa shape index (κ2) is 5.28. The SMILES string of the molecule is CC=CC(C)c1c(O)cc(C)c2c1OC(C)CC2C. The molecule has 3 unspecified atom stereocenters. The predicted octanol–water partition coefficient (Wildman–Crippen LogP) is 4.65. The highest BCUT2D eigenvalue weighted by Gasteiger charge is 2.29. The van der Waals surface area contributed by atoms with Crippen LogP contribution in [0.15, 0.2) is 18.2 Å². The van der Waals surface area contributed by atoms with Crippen LogP contribution in [0.4, 0.5) is 0 Å². The molecule has 0 fully saturated rings. The summed E-state index contributed by atoms with van der Waals surface area (Å²) in [6.07, 6.45) is 5.36. The van der Waals surface area contributed by atoms with Gasteiger partial charge in [-0.25, -0.2) is 0 Å². The van der Waals surface area contributed by atoms with E-state index >= 15 is 0 Å². The van der Waals surface area contributed by atoms with Crippen LogP contribution in [0.2, 0.25) is 0 Å². The van der Waals surface area contributed by atoms with Crippen molar-refractivity contribution in [1.82, 2.24) is 0 Å². The van der Waals surface area contributed by atoms with E-state index in [1.54, 1.807) is 0 Å². The Kier molecular flexibility index (Phi) is 3.88. The van der Waals surface area contributed by atoms with Crippen molar-refractivity contribution in [2.45, 2.75) is 59.0 Å². The fraction of sp³-hybridized carbons (Fsp3) is 0.529. The van der Waals surface area contributed by atoms with E-state index in [-0.39, 0.29) is 12.0 Å². The smallest absolute Gasteiger partial charge is 0.130 e. The maximum absolute atomic E-state index is 10.3. The third-order valence-electron chi connectivity index (χ3n) is 3.98. The Morgan fingerprint density at radius 2 is 2.11 bits per heavy atom. The van der Waals surface area contributed by atoms with E-state index < -0.39 is 0 Å². The van der Waals surface area contributed by atoms with Gasteiger partial charge in [0.2, 0.25) is 0 Å². The van der Waals surface area contributed by atoms with E-state index in [9.17, 15) is 5.11 Å². The summed E-state index contributed by atoms with van der Waals surface area (Å²) in [7, 11) is 0. The first-order valence-corrected chi connectivity index (χ1v) is 7.11. The zero-order valence-electron chi connectivity index (χ0n) is 12.5. The molecule has 1 heterocycles. The van der Waals surface area contributed by atoms with Crippen molar-refractivity contribution < 1.29 is 9.84 Å². The molecule has 0 amide bonds. The summed E-state index contributed by atoms with van der Waals surface area (Å²) in [5.74, 6) is 1.91. The predicted molar refractivity (Wildman–Crippen MR) is 79.2 cm³/mol. The first kappa shape index (κ1) is 14.0. The molecule has 0 saturated heterocycles. The topological polar surface area (TPSA) is 29.5 Å². The molecule has 0 aromatic heterocycles. The van der Waals surface area contributed by atoms with Gasteiger partial charge in [0.1, 0.15) is 11.5 Å². The minimum atomic E-state index is 0.164. The van der Waals surface area contributed by atoms with Gasteiger partial charge >= 0.3 is 0 Å². The van der Waals surface area contributed by atoms with Crippen LogP contribution in [0.5, 0.6) is 11.5 Å². The van der Waals surface area contributed by atoms with Gasteiger partial charge < -0.3 is 9.84 Å². The average Bonchev–Trinajstić information content (AvgIpc) is 2.27. The number of rotatable bonds is 2. The zero-order chi connectivity index (χ0) is 14.2. The molecule has 0 radical (unpaired) electrons. The number of aryl methyl sites for hydroxylation is 1. The third-order valence-corrected chi connectivity index (χ3v) is 3.98. The maximum atomic E-state index is 10.3. The molecule has 2 nitrogen and oxygen atoms in total. The lowest BCUT2D eigenvalue weighted by Crippen LogP contribution is -2.23. The van der Waals surface area contributed by atoms with Crippen molar-refractivity contribution in [3.63, 3.8) is 0 Å². The summed E-state index contributed by atoms with van der Waals surface area (Å²) in [4.78, 5) is 0. The lowest BCUT2D eigenvalue weighted by Gasteiger charge is -2.32. The molecular weight excluding hydrogens is 236 g/mol. The number of benzene rings is 1. The van der Waals surface area contributed by atoms with Crippen molar-refractivity contribution in [3.8, 4) is 11.5 Å². The quantitative estimate of drug-likeness (QED) is 0.784. The minimum absolute atomic E-state index is 0.164. The summed E-state index contributed by atoms with van der Waals surface area (Å²) in [6.45, 7) is 10.5. The van der Waals surface area contributed by atoms with Crippen LogP contribution < -0.4 is 4.74 Å². The Labute approximate surface area is 116 Å². The van der Waals surface area contributed by atoms with Crippen molar-refractivity contribution in [2.24, 2.45) is 0 Å². The van der Waals surface area contributed by atoms with E-state index in [0.29, 0.717) is 11.7 Å². The first-order chi connectivity index (χ1) is 8.95. The van der Waals surface area contributed by atoms with Crippen molar-refractivity contribution in [1.29, 1.82) is 0 Å². The highest BCUT2D eigenvalue weighted by molar-refractivity contribution is 5.57. The Hall–Kier alpha value is -1.44. The molecule has 0 aliphatic carbocycles. The minimum Gasteiger partial charge on any atom is -0.507 e. The number of phenolic OH excluding ortho intramolecular Hbond substituents is 1. The van der Waals surface area contributed by atoms with Crippen LogP contribution in [0, 0.1) is 6.92 Å². The third kappa shape index (κ3) is 2.49. The van der Waals surface area contributed by atoms with Gasteiger partial charge in [-0.1, -0.05) is 26.0 Å². The van der Waals surface area contributed by atoms with E-state index in [1.807, 2.05) is 19.1 Å². The van der Waals surface area contributed by atoms with Crippen molar-refractivity contribution in [2.75, 3.05) is 0 Å². The Morgan fingerprint density at radius 3 is 2.74 bits per heavy atom. The average molecular weight is 260 g/mol. The Bertz CT molecular complexity index is 502. The number of hydrogen-bond donors (Lipinski definition) is 1. The number of ether oxygens (including phenoxy) is 1. The fourth-order valence-corrected chi connectivity index (χ4v) is 3.23. The highest BCUT2D eigenvalue weighted by Crippen LogP contribution is 2.46. The summed E-state index contributed by atoms with van der Waals surface area (Å²) >= 11 is 0. The van der Waals surface area contributed by atoms with Crippen LogP contribution in [-0.2, 0) is 0 Å². The number of phenols is 1. The molecule has 3 atom stereocenters. The molecule has 0 saturated carbocycles. The van der Waals surface area contributed by atoms with Gasteiger partial charge in [-0.2, -0.15) is 0 Å². The van der Waals surface area contributed by atoms with Gasteiger partial charge in [-0.3, -0.25) is 0 Å². The molecule has 19 heavy (non-hydrogen) atoms. The molecule has 1 aromatic carbocycles. The van der Waals surface area contributed by atoms with E-state index in [2.05, 4.69) is 33.8 Å². The van der Waals surface area contributed by atoms with Crippen LogP contribution in [0.25, 0.3) is 0 Å². The van der Waals surface area contributed by atoms with Crippen molar-refractivity contribution in [3.05, 3.63) is 34.9 Å². The van der Waals surface area contributed by atoms with Gasteiger partial charge in [0.05, 0.1) is 6.10 Å². The fourth-order valence-electron chi connectivity index (χ4n) is 3.23. The molecule has 1 aliphatic rings. The second-order valence-corrected chi connectivity index (χ2v) is 5.75. The largest absolute Gasteiger partial charge is 0.507 e. The van der Waals surface area contributed by atoms with Crippen LogP contribution in [0.1, 0.15) is 62.6 Å². The van der Waals surface area contributed by atoms with Gasteiger partial charge in [0.25, 0.3) is 0 Å². The monoisotopic (exact) mass is 260 g/mol. The molecule has 1 N–H and O–H groups in total. The van der Waals surface area contributed by atoms with Gasteiger partial charge in [0, 0.05) is 17.0 Å². The first-order valence-electron chi connectivity index (χ1n) is 7.11. The molecule has 2 heteroatoms.